The van der Waals surface area contributed by atoms with Gasteiger partial charge in [-0.05, 0) is 49.2 Å². The lowest BCUT2D eigenvalue weighted by molar-refractivity contribution is -0.192. The molecular formula is C24H24F4N4O4S. The first-order valence-electron chi connectivity index (χ1n) is 11.3. The summed E-state index contributed by atoms with van der Waals surface area (Å²) in [6.45, 7) is 6.05. The van der Waals surface area contributed by atoms with Crippen molar-refractivity contribution >= 4 is 15.8 Å². The number of carbonyl (C=O) groups is 1. The van der Waals surface area contributed by atoms with E-state index < -0.39 is 33.2 Å². The number of carboxylic acid groups (broad SMARTS) is 1. The minimum absolute atomic E-state index is 0.0569. The normalized spacial score (nSPS) is 20.3. The number of benzene rings is 1. The molecule has 1 aromatic carbocycles. The number of fused-ring (bicyclic) bond motifs is 3. The summed E-state index contributed by atoms with van der Waals surface area (Å²) in [5, 5.41) is 11.1. The van der Waals surface area contributed by atoms with E-state index in [4.69, 9.17) is 9.90 Å². The predicted octanol–water partition coefficient (Wildman–Crippen LogP) is 4.05. The maximum atomic E-state index is 13.2. The summed E-state index contributed by atoms with van der Waals surface area (Å²) in [7, 11) is -3.36. The van der Waals surface area contributed by atoms with Gasteiger partial charge in [0, 0.05) is 55.1 Å². The van der Waals surface area contributed by atoms with Gasteiger partial charge in [-0.3, -0.25) is 9.58 Å². The standard InChI is InChI=1S/C22H23FN4O2S.C2HF3O2/c1-14(2)27-11-15(8-25-27)10-26-12-19-18-7-16(17-4-6-22(23)24-9-17)3-5-20(18)30(28,29)21(19)13-26;3-2(4,5)1(6)7/h3-9,11,14,19,21H,10,12-13H2,1-2H3;(H,6,7). The molecule has 3 aromatic rings. The molecule has 198 valence electrons. The van der Waals surface area contributed by atoms with Crippen LogP contribution in [0.1, 0.15) is 36.9 Å². The van der Waals surface area contributed by atoms with Crippen LogP contribution in [0.25, 0.3) is 11.1 Å². The van der Waals surface area contributed by atoms with Crippen LogP contribution in [0.5, 0.6) is 0 Å². The van der Waals surface area contributed by atoms with Crippen LogP contribution >= 0.6 is 0 Å². The molecule has 1 saturated heterocycles. The Morgan fingerprint density at radius 1 is 1.14 bits per heavy atom. The molecule has 2 aliphatic heterocycles. The first kappa shape index (κ1) is 26.7. The van der Waals surface area contributed by atoms with Crippen LogP contribution in [0, 0.1) is 5.95 Å². The second-order valence-corrected chi connectivity index (χ2v) is 11.4. The molecule has 2 unspecified atom stereocenters. The van der Waals surface area contributed by atoms with E-state index in [-0.39, 0.29) is 5.92 Å². The summed E-state index contributed by atoms with van der Waals surface area (Å²) in [5.74, 6) is -3.35. The summed E-state index contributed by atoms with van der Waals surface area (Å²) in [4.78, 5) is 15.2. The Hall–Kier alpha value is -3.32. The molecule has 0 spiro atoms. The molecule has 8 nitrogen and oxygen atoms in total. The van der Waals surface area contributed by atoms with Crippen molar-refractivity contribution in [1.82, 2.24) is 19.7 Å². The number of rotatable bonds is 4. The number of alkyl halides is 3. The number of sulfone groups is 1. The highest BCUT2D eigenvalue weighted by Gasteiger charge is 2.50. The number of halogens is 4. The SMILES string of the molecule is CC(C)n1cc(CN2CC3c4cc(-c5ccc(F)nc5)ccc4S(=O)(=O)C3C2)cn1.O=C(O)C(F)(F)F. The highest BCUT2D eigenvalue weighted by atomic mass is 32.2. The fourth-order valence-corrected chi connectivity index (χ4v) is 6.78. The van der Waals surface area contributed by atoms with Gasteiger partial charge in [0.05, 0.1) is 16.3 Å². The Balaban J connectivity index is 0.000000405. The molecule has 0 aliphatic carbocycles. The van der Waals surface area contributed by atoms with E-state index in [9.17, 15) is 26.0 Å². The molecule has 0 bridgehead atoms. The van der Waals surface area contributed by atoms with Crippen molar-refractivity contribution in [1.29, 1.82) is 0 Å². The maximum Gasteiger partial charge on any atom is 0.490 e. The Morgan fingerprint density at radius 2 is 1.81 bits per heavy atom. The Labute approximate surface area is 210 Å². The van der Waals surface area contributed by atoms with Crippen LogP contribution in [0.3, 0.4) is 0 Å². The zero-order valence-electron chi connectivity index (χ0n) is 19.9. The van der Waals surface area contributed by atoms with E-state index in [0.29, 0.717) is 30.6 Å². The van der Waals surface area contributed by atoms with Crippen LogP contribution in [0.15, 0.2) is 53.8 Å². The second kappa shape index (κ2) is 9.86. The molecule has 37 heavy (non-hydrogen) atoms. The van der Waals surface area contributed by atoms with Gasteiger partial charge in [0.25, 0.3) is 0 Å². The Bertz CT molecular complexity index is 1400. The van der Waals surface area contributed by atoms with Gasteiger partial charge < -0.3 is 5.11 Å². The van der Waals surface area contributed by atoms with Gasteiger partial charge in [0.1, 0.15) is 0 Å². The number of hydrogen-bond donors (Lipinski definition) is 1. The van der Waals surface area contributed by atoms with Crippen molar-refractivity contribution in [3.63, 3.8) is 0 Å². The average Bonchev–Trinajstić information content (AvgIpc) is 3.51. The minimum Gasteiger partial charge on any atom is -0.475 e. The van der Waals surface area contributed by atoms with E-state index >= 15 is 0 Å². The number of nitrogens with zero attached hydrogens (tertiary/aromatic N) is 4. The van der Waals surface area contributed by atoms with Gasteiger partial charge in [-0.15, -0.1) is 0 Å². The van der Waals surface area contributed by atoms with Crippen molar-refractivity contribution in [2.24, 2.45) is 0 Å². The Morgan fingerprint density at radius 3 is 2.38 bits per heavy atom. The molecule has 2 aliphatic rings. The number of aliphatic carboxylic acids is 1. The van der Waals surface area contributed by atoms with Crippen LogP contribution in [-0.4, -0.2) is 63.7 Å². The first-order chi connectivity index (χ1) is 17.3. The molecular weight excluding hydrogens is 516 g/mol. The predicted molar refractivity (Wildman–Crippen MR) is 125 cm³/mol. The molecule has 1 fully saturated rings. The molecule has 4 heterocycles. The number of likely N-dealkylation sites (tertiary alicyclic amines) is 1. The first-order valence-corrected chi connectivity index (χ1v) is 12.9. The molecule has 2 aromatic heterocycles. The topological polar surface area (TPSA) is 105 Å². The van der Waals surface area contributed by atoms with E-state index in [2.05, 4.69) is 28.8 Å². The summed E-state index contributed by atoms with van der Waals surface area (Å²) < 4.78 is 73.1. The van der Waals surface area contributed by atoms with Crippen LogP contribution < -0.4 is 0 Å². The summed E-state index contributed by atoms with van der Waals surface area (Å²) in [6, 6.07) is 8.69. The van der Waals surface area contributed by atoms with E-state index in [1.807, 2.05) is 23.1 Å². The van der Waals surface area contributed by atoms with Gasteiger partial charge >= 0.3 is 12.1 Å². The fourth-order valence-electron chi connectivity index (χ4n) is 4.58. The zero-order chi connectivity index (χ0) is 27.1. The minimum atomic E-state index is -5.08. The zero-order valence-corrected chi connectivity index (χ0v) is 20.7. The molecule has 0 amide bonds. The van der Waals surface area contributed by atoms with Crippen LogP contribution in [0.4, 0.5) is 17.6 Å². The maximum absolute atomic E-state index is 13.2. The van der Waals surface area contributed by atoms with Crippen LogP contribution in [-0.2, 0) is 21.2 Å². The lowest BCUT2D eigenvalue weighted by Gasteiger charge is -2.16. The van der Waals surface area contributed by atoms with E-state index in [1.165, 1.54) is 12.3 Å². The average molecular weight is 541 g/mol. The third kappa shape index (κ3) is 5.52. The van der Waals surface area contributed by atoms with E-state index in [1.54, 1.807) is 18.2 Å². The van der Waals surface area contributed by atoms with Gasteiger partial charge in [-0.2, -0.15) is 22.7 Å². The van der Waals surface area contributed by atoms with Crippen molar-refractivity contribution < 1.29 is 35.9 Å². The highest BCUT2D eigenvalue weighted by molar-refractivity contribution is 7.92. The highest BCUT2D eigenvalue weighted by Crippen LogP contribution is 2.46. The van der Waals surface area contributed by atoms with Gasteiger partial charge in [0.15, 0.2) is 9.84 Å². The smallest absolute Gasteiger partial charge is 0.475 e. The van der Waals surface area contributed by atoms with Gasteiger partial charge in [-0.1, -0.05) is 6.07 Å². The third-order valence-electron chi connectivity index (χ3n) is 6.35. The van der Waals surface area contributed by atoms with Crippen molar-refractivity contribution in [2.75, 3.05) is 13.1 Å². The van der Waals surface area contributed by atoms with Gasteiger partial charge in [0.2, 0.25) is 5.95 Å². The summed E-state index contributed by atoms with van der Waals surface area (Å²) in [6.07, 6.45) is 0.280. The van der Waals surface area contributed by atoms with Crippen molar-refractivity contribution in [3.05, 3.63) is 66.0 Å². The quantitative estimate of drug-likeness (QED) is 0.393. The van der Waals surface area contributed by atoms with Crippen molar-refractivity contribution in [2.45, 2.75) is 48.7 Å². The summed E-state index contributed by atoms with van der Waals surface area (Å²) >= 11 is 0. The van der Waals surface area contributed by atoms with E-state index in [0.717, 1.165) is 22.3 Å². The lowest BCUT2D eigenvalue weighted by atomic mass is 9.95. The molecule has 0 saturated carbocycles. The number of hydrogen-bond acceptors (Lipinski definition) is 6. The molecule has 13 heteroatoms. The molecule has 0 radical (unpaired) electrons. The Kier molecular flexibility index (Phi) is 7.12. The lowest BCUT2D eigenvalue weighted by Crippen LogP contribution is -2.25. The fraction of sp³-hybridized carbons (Fsp3) is 0.375. The number of carboxylic acids is 1. The summed E-state index contributed by atoms with van der Waals surface area (Å²) in [5.41, 5.74) is 3.58. The van der Waals surface area contributed by atoms with Gasteiger partial charge in [-0.25, -0.2) is 18.2 Å². The largest absolute Gasteiger partial charge is 0.490 e. The monoisotopic (exact) mass is 540 g/mol. The second-order valence-electron chi connectivity index (χ2n) is 9.23. The van der Waals surface area contributed by atoms with Crippen LogP contribution in [0.2, 0.25) is 0 Å². The van der Waals surface area contributed by atoms with Crippen molar-refractivity contribution in [3.8, 4) is 11.1 Å². The number of pyridine rings is 1. The third-order valence-corrected chi connectivity index (χ3v) is 8.61. The molecule has 1 N–H and O–H groups in total. The molecule has 2 atom stereocenters. The molecule has 5 rings (SSSR count). The number of aromatic nitrogens is 3.